The van der Waals surface area contributed by atoms with Crippen molar-refractivity contribution < 1.29 is 14.3 Å². The van der Waals surface area contributed by atoms with E-state index in [1.807, 2.05) is 52.0 Å². The predicted molar refractivity (Wildman–Crippen MR) is 76.6 cm³/mol. The second-order valence-corrected chi connectivity index (χ2v) is 5.22. The van der Waals surface area contributed by atoms with Crippen LogP contribution >= 0.6 is 0 Å². The summed E-state index contributed by atoms with van der Waals surface area (Å²) in [6.45, 7) is 8.73. The molecule has 0 amide bonds. The fourth-order valence-electron chi connectivity index (χ4n) is 1.56. The van der Waals surface area contributed by atoms with E-state index in [2.05, 4.69) is 5.32 Å². The second-order valence-electron chi connectivity index (χ2n) is 5.22. The predicted octanol–water partition coefficient (Wildman–Crippen LogP) is 3.23. The molecule has 0 aliphatic rings. The maximum Gasteiger partial charge on any atom is 0.308 e. The molecule has 4 nitrogen and oxygen atoms in total. The van der Waals surface area contributed by atoms with Crippen LogP contribution in [0.2, 0.25) is 0 Å². The SMILES string of the molecule is CCOc1cccc(NCCC(=O)OC(C)(C)C)c1. The Bertz CT molecular complexity index is 410. The molecule has 1 N–H and O–H groups in total. The summed E-state index contributed by atoms with van der Waals surface area (Å²) in [5.74, 6) is 0.630. The van der Waals surface area contributed by atoms with Crippen LogP contribution in [-0.4, -0.2) is 24.7 Å². The van der Waals surface area contributed by atoms with Crippen LogP contribution < -0.4 is 10.1 Å². The number of nitrogens with one attached hydrogen (secondary N) is 1. The third-order valence-corrected chi connectivity index (χ3v) is 2.22. The minimum absolute atomic E-state index is 0.194. The third-order valence-electron chi connectivity index (χ3n) is 2.22. The van der Waals surface area contributed by atoms with Gasteiger partial charge in [-0.2, -0.15) is 0 Å². The van der Waals surface area contributed by atoms with Crippen LogP contribution in [0.1, 0.15) is 34.1 Å². The number of benzene rings is 1. The fraction of sp³-hybridized carbons (Fsp3) is 0.533. The van der Waals surface area contributed by atoms with E-state index in [1.54, 1.807) is 0 Å². The van der Waals surface area contributed by atoms with Gasteiger partial charge in [-0.15, -0.1) is 0 Å². The highest BCUT2D eigenvalue weighted by atomic mass is 16.6. The van der Waals surface area contributed by atoms with Crippen LogP contribution in [0.25, 0.3) is 0 Å². The molecule has 0 radical (unpaired) electrons. The van der Waals surface area contributed by atoms with Gasteiger partial charge in [0, 0.05) is 18.3 Å². The van der Waals surface area contributed by atoms with Gasteiger partial charge in [0.15, 0.2) is 0 Å². The molecular weight excluding hydrogens is 242 g/mol. The van der Waals surface area contributed by atoms with E-state index < -0.39 is 5.60 Å². The Morgan fingerprint density at radius 2 is 2.05 bits per heavy atom. The molecule has 0 aromatic heterocycles. The summed E-state index contributed by atoms with van der Waals surface area (Å²) < 4.78 is 10.6. The zero-order chi connectivity index (χ0) is 14.3. The monoisotopic (exact) mass is 265 g/mol. The first-order valence-corrected chi connectivity index (χ1v) is 6.59. The van der Waals surface area contributed by atoms with E-state index in [0.29, 0.717) is 19.6 Å². The number of ether oxygens (including phenoxy) is 2. The number of anilines is 1. The molecule has 0 saturated heterocycles. The van der Waals surface area contributed by atoms with Gasteiger partial charge in [0.25, 0.3) is 0 Å². The van der Waals surface area contributed by atoms with Crippen LogP contribution in [0.3, 0.4) is 0 Å². The van der Waals surface area contributed by atoms with Crippen molar-refractivity contribution >= 4 is 11.7 Å². The van der Waals surface area contributed by atoms with E-state index in [-0.39, 0.29) is 5.97 Å². The molecule has 1 aromatic carbocycles. The average molecular weight is 265 g/mol. The Hall–Kier alpha value is -1.71. The Morgan fingerprint density at radius 1 is 1.32 bits per heavy atom. The van der Waals surface area contributed by atoms with Crippen LogP contribution in [0.4, 0.5) is 5.69 Å². The number of rotatable bonds is 6. The summed E-state index contributed by atoms with van der Waals surface area (Å²) in [7, 11) is 0. The molecule has 0 fully saturated rings. The van der Waals surface area contributed by atoms with Crippen LogP contribution in [-0.2, 0) is 9.53 Å². The summed E-state index contributed by atoms with van der Waals surface area (Å²) in [5, 5.41) is 3.18. The Morgan fingerprint density at radius 3 is 2.68 bits per heavy atom. The number of hydrogen-bond donors (Lipinski definition) is 1. The third kappa shape index (κ3) is 6.70. The van der Waals surface area contributed by atoms with Gasteiger partial charge in [-0.25, -0.2) is 0 Å². The lowest BCUT2D eigenvalue weighted by atomic mass is 10.2. The highest BCUT2D eigenvalue weighted by molar-refractivity contribution is 5.70. The summed E-state index contributed by atoms with van der Waals surface area (Å²) >= 11 is 0. The van der Waals surface area contributed by atoms with Crippen molar-refractivity contribution in [2.45, 2.75) is 39.7 Å². The molecule has 0 bridgehead atoms. The van der Waals surface area contributed by atoms with Gasteiger partial charge in [0.2, 0.25) is 0 Å². The summed E-state index contributed by atoms with van der Waals surface area (Å²) in [6.07, 6.45) is 0.343. The number of carbonyl (C=O) groups excluding carboxylic acids is 1. The topological polar surface area (TPSA) is 47.6 Å². The molecule has 0 atom stereocenters. The maximum atomic E-state index is 11.5. The van der Waals surface area contributed by atoms with Crippen molar-refractivity contribution in [3.8, 4) is 5.75 Å². The van der Waals surface area contributed by atoms with Gasteiger partial charge >= 0.3 is 5.97 Å². The molecule has 0 spiro atoms. The van der Waals surface area contributed by atoms with Crippen molar-refractivity contribution in [3.63, 3.8) is 0 Å². The Labute approximate surface area is 115 Å². The second kappa shape index (κ2) is 7.02. The van der Waals surface area contributed by atoms with E-state index in [4.69, 9.17) is 9.47 Å². The zero-order valence-corrected chi connectivity index (χ0v) is 12.2. The molecule has 19 heavy (non-hydrogen) atoms. The number of carbonyl (C=O) groups is 1. The zero-order valence-electron chi connectivity index (χ0n) is 12.2. The van der Waals surface area contributed by atoms with Gasteiger partial charge < -0.3 is 14.8 Å². The summed E-state index contributed by atoms with van der Waals surface area (Å²) in [4.78, 5) is 11.5. The lowest BCUT2D eigenvalue weighted by Crippen LogP contribution is -2.25. The molecule has 1 aromatic rings. The summed E-state index contributed by atoms with van der Waals surface area (Å²) in [6, 6.07) is 7.68. The van der Waals surface area contributed by atoms with Gasteiger partial charge in [0.1, 0.15) is 11.4 Å². The molecular formula is C15H23NO3. The molecule has 0 aliphatic heterocycles. The normalized spacial score (nSPS) is 10.9. The van der Waals surface area contributed by atoms with E-state index >= 15 is 0 Å². The van der Waals surface area contributed by atoms with Crippen LogP contribution in [0.15, 0.2) is 24.3 Å². The standard InChI is InChI=1S/C15H23NO3/c1-5-18-13-8-6-7-12(11-13)16-10-9-14(17)19-15(2,3)4/h6-8,11,16H,5,9-10H2,1-4H3. The van der Waals surface area contributed by atoms with Crippen molar-refractivity contribution in [3.05, 3.63) is 24.3 Å². The first-order valence-electron chi connectivity index (χ1n) is 6.59. The fourth-order valence-corrected chi connectivity index (χ4v) is 1.56. The molecule has 0 aliphatic carbocycles. The quantitative estimate of drug-likeness (QED) is 0.802. The lowest BCUT2D eigenvalue weighted by molar-refractivity contribution is -0.154. The summed E-state index contributed by atoms with van der Waals surface area (Å²) in [5.41, 5.74) is 0.515. The lowest BCUT2D eigenvalue weighted by Gasteiger charge is -2.19. The molecule has 0 heterocycles. The van der Waals surface area contributed by atoms with Crippen molar-refractivity contribution in [1.82, 2.24) is 0 Å². The van der Waals surface area contributed by atoms with Crippen LogP contribution in [0, 0.1) is 0 Å². The Kier molecular flexibility index (Phi) is 5.67. The molecule has 106 valence electrons. The van der Waals surface area contributed by atoms with Gasteiger partial charge in [-0.1, -0.05) is 6.07 Å². The average Bonchev–Trinajstić information content (AvgIpc) is 2.27. The first kappa shape index (κ1) is 15.3. The van der Waals surface area contributed by atoms with E-state index in [1.165, 1.54) is 0 Å². The highest BCUT2D eigenvalue weighted by Crippen LogP contribution is 2.17. The molecule has 4 heteroatoms. The Balaban J connectivity index is 2.36. The van der Waals surface area contributed by atoms with Crippen molar-refractivity contribution in [1.29, 1.82) is 0 Å². The van der Waals surface area contributed by atoms with E-state index in [0.717, 1.165) is 11.4 Å². The van der Waals surface area contributed by atoms with Gasteiger partial charge in [-0.3, -0.25) is 4.79 Å². The van der Waals surface area contributed by atoms with Gasteiger partial charge in [0.05, 0.1) is 13.0 Å². The van der Waals surface area contributed by atoms with Crippen LogP contribution in [0.5, 0.6) is 5.75 Å². The minimum Gasteiger partial charge on any atom is -0.494 e. The highest BCUT2D eigenvalue weighted by Gasteiger charge is 2.15. The largest absolute Gasteiger partial charge is 0.494 e. The maximum absolute atomic E-state index is 11.5. The molecule has 1 rings (SSSR count). The molecule has 0 unspecified atom stereocenters. The minimum atomic E-state index is -0.425. The smallest absolute Gasteiger partial charge is 0.308 e. The molecule has 0 saturated carbocycles. The van der Waals surface area contributed by atoms with Crippen molar-refractivity contribution in [2.75, 3.05) is 18.5 Å². The number of esters is 1. The van der Waals surface area contributed by atoms with E-state index in [9.17, 15) is 4.79 Å². The first-order chi connectivity index (χ1) is 8.90. The van der Waals surface area contributed by atoms with Gasteiger partial charge in [-0.05, 0) is 39.8 Å². The number of hydrogen-bond acceptors (Lipinski definition) is 4. The van der Waals surface area contributed by atoms with Crippen molar-refractivity contribution in [2.24, 2.45) is 0 Å².